The van der Waals surface area contributed by atoms with Crippen molar-refractivity contribution in [1.29, 1.82) is 0 Å². The number of thioether (sulfide) groups is 1. The van der Waals surface area contributed by atoms with Crippen LogP contribution in [-0.4, -0.2) is 15.5 Å². The molecule has 0 aliphatic carbocycles. The maximum Gasteiger partial charge on any atom is 0.235 e. The Morgan fingerprint density at radius 1 is 0.963 bits per heavy atom. The molecule has 27 heavy (non-hydrogen) atoms. The minimum atomic E-state index is -0.507. The molecule has 1 unspecified atom stereocenters. The van der Waals surface area contributed by atoms with Crippen LogP contribution in [0.4, 0.5) is 0 Å². The van der Waals surface area contributed by atoms with E-state index < -0.39 is 5.25 Å². The van der Waals surface area contributed by atoms with Gasteiger partial charge in [0.1, 0.15) is 5.25 Å². The molecule has 2 N–H and O–H groups in total. The first-order valence-electron chi connectivity index (χ1n) is 8.69. The predicted octanol–water partition coefficient (Wildman–Crippen LogP) is 4.65. The van der Waals surface area contributed by atoms with Gasteiger partial charge in [-0.25, -0.2) is 4.98 Å². The van der Waals surface area contributed by atoms with Crippen LogP contribution in [0.2, 0.25) is 0 Å². The first-order chi connectivity index (χ1) is 13.1. The lowest BCUT2D eigenvalue weighted by Gasteiger charge is -2.15. The van der Waals surface area contributed by atoms with Gasteiger partial charge < -0.3 is 5.73 Å². The quantitative estimate of drug-likeness (QED) is 0.518. The number of aryl methyl sites for hydroxylation is 1. The SMILES string of the molecule is Cc1ccc(-n2c(SC(C(N)=O)c3ccccc3)nc3ccccc32)cc1. The first kappa shape index (κ1) is 17.4. The third-order valence-corrected chi connectivity index (χ3v) is 5.63. The molecule has 0 saturated carbocycles. The average Bonchev–Trinajstić information content (AvgIpc) is 3.05. The van der Waals surface area contributed by atoms with Crippen molar-refractivity contribution in [3.8, 4) is 5.69 Å². The van der Waals surface area contributed by atoms with E-state index in [1.807, 2.05) is 54.6 Å². The van der Waals surface area contributed by atoms with Crippen LogP contribution in [0.1, 0.15) is 16.4 Å². The van der Waals surface area contributed by atoms with Gasteiger partial charge in [0.2, 0.25) is 5.91 Å². The van der Waals surface area contributed by atoms with Gasteiger partial charge in [0, 0.05) is 5.69 Å². The van der Waals surface area contributed by atoms with Crippen molar-refractivity contribution >= 4 is 28.7 Å². The van der Waals surface area contributed by atoms with Crippen LogP contribution in [-0.2, 0) is 4.79 Å². The van der Waals surface area contributed by atoms with E-state index in [2.05, 4.69) is 35.8 Å². The predicted molar refractivity (Wildman–Crippen MR) is 110 cm³/mol. The van der Waals surface area contributed by atoms with Crippen molar-refractivity contribution in [1.82, 2.24) is 9.55 Å². The Morgan fingerprint density at radius 3 is 2.33 bits per heavy atom. The number of rotatable bonds is 5. The topological polar surface area (TPSA) is 60.9 Å². The number of nitrogens with two attached hydrogens (primary N) is 1. The number of carbonyl (C=O) groups excluding carboxylic acids is 1. The second-order valence-electron chi connectivity index (χ2n) is 6.36. The normalized spacial score (nSPS) is 12.2. The maximum absolute atomic E-state index is 12.2. The molecule has 1 amide bonds. The number of para-hydroxylation sites is 2. The Balaban J connectivity index is 1.84. The number of carbonyl (C=O) groups is 1. The molecule has 1 heterocycles. The van der Waals surface area contributed by atoms with Crippen molar-refractivity contribution in [2.24, 2.45) is 5.73 Å². The van der Waals surface area contributed by atoms with Gasteiger partial charge in [0.25, 0.3) is 0 Å². The largest absolute Gasteiger partial charge is 0.368 e. The summed E-state index contributed by atoms with van der Waals surface area (Å²) in [7, 11) is 0. The summed E-state index contributed by atoms with van der Waals surface area (Å²) in [6, 6.07) is 25.8. The fourth-order valence-electron chi connectivity index (χ4n) is 3.05. The van der Waals surface area contributed by atoms with Crippen LogP contribution in [0.3, 0.4) is 0 Å². The molecular formula is C22H19N3OS. The second kappa shape index (κ2) is 7.29. The number of hydrogen-bond donors (Lipinski definition) is 1. The van der Waals surface area contributed by atoms with Crippen molar-refractivity contribution in [2.45, 2.75) is 17.3 Å². The lowest BCUT2D eigenvalue weighted by molar-refractivity contribution is -0.117. The molecule has 0 spiro atoms. The van der Waals surface area contributed by atoms with E-state index in [9.17, 15) is 4.79 Å². The molecular weight excluding hydrogens is 354 g/mol. The monoisotopic (exact) mass is 373 g/mol. The average molecular weight is 373 g/mol. The Hall–Kier alpha value is -3.05. The Bertz CT molecular complexity index is 1090. The highest BCUT2D eigenvalue weighted by Gasteiger charge is 2.23. The lowest BCUT2D eigenvalue weighted by atomic mass is 10.1. The molecule has 1 atom stereocenters. The van der Waals surface area contributed by atoms with Crippen LogP contribution in [0, 0.1) is 6.92 Å². The van der Waals surface area contributed by atoms with Crippen molar-refractivity contribution in [2.75, 3.05) is 0 Å². The zero-order valence-corrected chi connectivity index (χ0v) is 15.7. The number of benzene rings is 3. The molecule has 0 radical (unpaired) electrons. The summed E-state index contributed by atoms with van der Waals surface area (Å²) < 4.78 is 2.08. The van der Waals surface area contributed by atoms with Gasteiger partial charge in [-0.05, 0) is 36.8 Å². The van der Waals surface area contributed by atoms with E-state index in [1.165, 1.54) is 17.3 Å². The van der Waals surface area contributed by atoms with Crippen LogP contribution in [0.5, 0.6) is 0 Å². The Labute approximate surface area is 162 Å². The molecule has 3 aromatic carbocycles. The standard InChI is InChI=1S/C22H19N3OS/c1-15-11-13-17(14-12-15)25-19-10-6-5-9-18(19)24-22(25)27-20(21(23)26)16-7-3-2-4-8-16/h2-14,20H,1H3,(H2,23,26). The number of hydrogen-bond acceptors (Lipinski definition) is 3. The van der Waals surface area contributed by atoms with Crippen LogP contribution in [0.15, 0.2) is 84.0 Å². The number of aromatic nitrogens is 2. The van der Waals surface area contributed by atoms with Crippen LogP contribution >= 0.6 is 11.8 Å². The van der Waals surface area contributed by atoms with Crippen LogP contribution in [0.25, 0.3) is 16.7 Å². The van der Waals surface area contributed by atoms with Gasteiger partial charge in [-0.1, -0.05) is 71.9 Å². The molecule has 134 valence electrons. The lowest BCUT2D eigenvalue weighted by Crippen LogP contribution is -2.19. The number of nitrogens with zero attached hydrogens (tertiary/aromatic N) is 2. The Morgan fingerprint density at radius 2 is 1.63 bits per heavy atom. The fourth-order valence-corrected chi connectivity index (χ4v) is 4.13. The van der Waals surface area contributed by atoms with Crippen molar-refractivity contribution in [3.05, 3.63) is 90.0 Å². The minimum Gasteiger partial charge on any atom is -0.368 e. The fraction of sp³-hybridized carbons (Fsp3) is 0.0909. The molecule has 0 fully saturated rings. The zero-order valence-electron chi connectivity index (χ0n) is 14.9. The van der Waals surface area contributed by atoms with E-state index in [4.69, 9.17) is 10.7 Å². The van der Waals surface area contributed by atoms with E-state index >= 15 is 0 Å². The molecule has 0 bridgehead atoms. The summed E-state index contributed by atoms with van der Waals surface area (Å²) in [4.78, 5) is 17.0. The summed E-state index contributed by atoms with van der Waals surface area (Å²) in [5.41, 5.74) is 10.7. The molecule has 0 aliphatic heterocycles. The summed E-state index contributed by atoms with van der Waals surface area (Å²) >= 11 is 1.38. The van der Waals surface area contributed by atoms with Gasteiger partial charge in [0.15, 0.2) is 5.16 Å². The highest BCUT2D eigenvalue weighted by atomic mass is 32.2. The molecule has 0 saturated heterocycles. The van der Waals surface area contributed by atoms with E-state index in [1.54, 1.807) is 0 Å². The third kappa shape index (κ3) is 3.46. The van der Waals surface area contributed by atoms with Crippen molar-refractivity contribution in [3.63, 3.8) is 0 Å². The molecule has 1 aromatic heterocycles. The molecule has 4 nitrogen and oxygen atoms in total. The molecule has 0 aliphatic rings. The summed E-state index contributed by atoms with van der Waals surface area (Å²) in [6.45, 7) is 2.06. The Kier molecular flexibility index (Phi) is 4.69. The van der Waals surface area contributed by atoms with Gasteiger partial charge in [-0.3, -0.25) is 9.36 Å². The third-order valence-electron chi connectivity index (χ3n) is 4.41. The number of imidazole rings is 1. The minimum absolute atomic E-state index is 0.381. The molecule has 5 heteroatoms. The number of primary amides is 1. The van der Waals surface area contributed by atoms with E-state index in [0.29, 0.717) is 0 Å². The van der Waals surface area contributed by atoms with E-state index in [-0.39, 0.29) is 5.91 Å². The molecule has 4 rings (SSSR count). The highest BCUT2D eigenvalue weighted by Crippen LogP contribution is 2.37. The van der Waals surface area contributed by atoms with Gasteiger partial charge in [0.05, 0.1) is 11.0 Å². The van der Waals surface area contributed by atoms with Gasteiger partial charge in [-0.2, -0.15) is 0 Å². The number of fused-ring (bicyclic) bond motifs is 1. The van der Waals surface area contributed by atoms with Gasteiger partial charge in [-0.15, -0.1) is 0 Å². The van der Waals surface area contributed by atoms with Crippen LogP contribution < -0.4 is 5.73 Å². The van der Waals surface area contributed by atoms with Crippen molar-refractivity contribution < 1.29 is 4.79 Å². The highest BCUT2D eigenvalue weighted by molar-refractivity contribution is 8.00. The summed E-state index contributed by atoms with van der Waals surface area (Å²) in [5, 5.41) is 0.236. The number of amides is 1. The zero-order chi connectivity index (χ0) is 18.8. The molecule has 4 aromatic rings. The maximum atomic E-state index is 12.2. The summed E-state index contributed by atoms with van der Waals surface area (Å²) in [6.07, 6.45) is 0. The second-order valence-corrected chi connectivity index (χ2v) is 7.44. The summed E-state index contributed by atoms with van der Waals surface area (Å²) in [5.74, 6) is -0.381. The first-order valence-corrected chi connectivity index (χ1v) is 9.57. The smallest absolute Gasteiger partial charge is 0.235 e. The van der Waals surface area contributed by atoms with E-state index in [0.717, 1.165) is 27.4 Å². The van der Waals surface area contributed by atoms with Gasteiger partial charge >= 0.3 is 0 Å².